The zero-order chi connectivity index (χ0) is 7.02. The third-order valence-corrected chi connectivity index (χ3v) is 1.92. The topological polar surface area (TPSA) is 13.1 Å². The van der Waals surface area contributed by atoms with Crippen LogP contribution in [0.15, 0.2) is 4.42 Å². The normalized spacial score (nSPS) is 9.20. The molecular formula is C8H13ClO. The molecule has 0 saturated heterocycles. The van der Waals surface area contributed by atoms with Crippen molar-refractivity contribution >= 4 is 12.4 Å². The molecule has 1 nitrogen and oxygen atoms in total. The molecule has 0 amide bonds. The van der Waals surface area contributed by atoms with Gasteiger partial charge in [0, 0.05) is 0 Å². The standard InChI is InChI=1S/C8H12O.ClH/c1-5-6(2)8(4)9-7(5)3;/h1-4H3;1H. The average Bonchev–Trinajstić information content (AvgIpc) is 1.98. The van der Waals surface area contributed by atoms with Crippen molar-refractivity contribution < 1.29 is 4.42 Å². The van der Waals surface area contributed by atoms with Crippen LogP contribution in [0.3, 0.4) is 0 Å². The van der Waals surface area contributed by atoms with Crippen LogP contribution in [-0.2, 0) is 0 Å². The fraction of sp³-hybridized carbons (Fsp3) is 0.500. The summed E-state index contributed by atoms with van der Waals surface area (Å²) in [5.74, 6) is 2.09. The first kappa shape index (κ1) is 9.57. The van der Waals surface area contributed by atoms with E-state index in [0.717, 1.165) is 11.5 Å². The summed E-state index contributed by atoms with van der Waals surface area (Å²) in [6.45, 7) is 8.16. The number of hydrogen-bond acceptors (Lipinski definition) is 1. The van der Waals surface area contributed by atoms with E-state index in [1.807, 2.05) is 13.8 Å². The molecule has 0 aliphatic heterocycles. The largest absolute Gasteiger partial charge is 0.466 e. The second-order valence-corrected chi connectivity index (χ2v) is 2.46. The maximum Gasteiger partial charge on any atom is 0.104 e. The van der Waals surface area contributed by atoms with Crippen molar-refractivity contribution in [3.05, 3.63) is 22.6 Å². The van der Waals surface area contributed by atoms with Gasteiger partial charge in [-0.15, -0.1) is 12.4 Å². The van der Waals surface area contributed by atoms with Gasteiger partial charge < -0.3 is 4.42 Å². The second kappa shape index (κ2) is 3.11. The minimum absolute atomic E-state index is 0. The van der Waals surface area contributed by atoms with Gasteiger partial charge in [-0.2, -0.15) is 0 Å². The summed E-state index contributed by atoms with van der Waals surface area (Å²) in [6.07, 6.45) is 0. The van der Waals surface area contributed by atoms with Crippen molar-refractivity contribution in [2.75, 3.05) is 0 Å². The van der Waals surface area contributed by atoms with Crippen molar-refractivity contribution in [2.45, 2.75) is 27.7 Å². The lowest BCUT2D eigenvalue weighted by Crippen LogP contribution is -1.73. The summed E-state index contributed by atoms with van der Waals surface area (Å²) in [5.41, 5.74) is 2.57. The molecular weight excluding hydrogens is 148 g/mol. The summed E-state index contributed by atoms with van der Waals surface area (Å²) >= 11 is 0. The van der Waals surface area contributed by atoms with Crippen molar-refractivity contribution in [3.8, 4) is 0 Å². The van der Waals surface area contributed by atoms with Gasteiger partial charge in [-0.25, -0.2) is 0 Å². The van der Waals surface area contributed by atoms with E-state index in [-0.39, 0.29) is 12.4 Å². The van der Waals surface area contributed by atoms with Crippen LogP contribution < -0.4 is 0 Å². The fourth-order valence-corrected chi connectivity index (χ4v) is 0.911. The highest BCUT2D eigenvalue weighted by Crippen LogP contribution is 2.18. The Kier molecular flexibility index (Phi) is 2.97. The van der Waals surface area contributed by atoms with Gasteiger partial charge in [0.2, 0.25) is 0 Å². The Morgan fingerprint density at radius 1 is 0.800 bits per heavy atom. The number of aryl methyl sites for hydroxylation is 2. The summed E-state index contributed by atoms with van der Waals surface area (Å²) in [4.78, 5) is 0. The quantitative estimate of drug-likeness (QED) is 0.569. The van der Waals surface area contributed by atoms with Gasteiger partial charge in [0.1, 0.15) is 11.5 Å². The van der Waals surface area contributed by atoms with Gasteiger partial charge in [0.25, 0.3) is 0 Å². The molecule has 0 bridgehead atoms. The Morgan fingerprint density at radius 2 is 1.10 bits per heavy atom. The highest BCUT2D eigenvalue weighted by Gasteiger charge is 2.04. The molecule has 0 saturated carbocycles. The van der Waals surface area contributed by atoms with E-state index >= 15 is 0 Å². The van der Waals surface area contributed by atoms with Crippen LogP contribution in [0.25, 0.3) is 0 Å². The van der Waals surface area contributed by atoms with Crippen LogP contribution >= 0.6 is 12.4 Å². The van der Waals surface area contributed by atoms with E-state index in [1.165, 1.54) is 11.1 Å². The summed E-state index contributed by atoms with van der Waals surface area (Å²) in [6, 6.07) is 0. The Morgan fingerprint density at radius 3 is 1.20 bits per heavy atom. The molecule has 0 spiro atoms. The van der Waals surface area contributed by atoms with Crippen molar-refractivity contribution in [2.24, 2.45) is 0 Å². The van der Waals surface area contributed by atoms with Gasteiger partial charge in [-0.1, -0.05) is 0 Å². The molecule has 10 heavy (non-hydrogen) atoms. The van der Waals surface area contributed by atoms with Gasteiger partial charge in [0.05, 0.1) is 0 Å². The maximum atomic E-state index is 5.34. The first-order chi connectivity index (χ1) is 4.13. The number of hydrogen-bond donors (Lipinski definition) is 0. The lowest BCUT2D eigenvalue weighted by atomic mass is 10.2. The number of rotatable bonds is 0. The van der Waals surface area contributed by atoms with Crippen LogP contribution in [0, 0.1) is 27.7 Å². The Bertz CT molecular complexity index is 203. The maximum absolute atomic E-state index is 5.34. The molecule has 0 fully saturated rings. The van der Waals surface area contributed by atoms with Crippen LogP contribution in [0.5, 0.6) is 0 Å². The van der Waals surface area contributed by atoms with E-state index < -0.39 is 0 Å². The van der Waals surface area contributed by atoms with Gasteiger partial charge in [0.15, 0.2) is 0 Å². The van der Waals surface area contributed by atoms with Gasteiger partial charge in [-0.05, 0) is 38.8 Å². The van der Waals surface area contributed by atoms with Crippen LogP contribution in [0.2, 0.25) is 0 Å². The average molecular weight is 161 g/mol. The van der Waals surface area contributed by atoms with E-state index in [0.29, 0.717) is 0 Å². The zero-order valence-electron chi connectivity index (χ0n) is 6.82. The van der Waals surface area contributed by atoms with E-state index in [9.17, 15) is 0 Å². The lowest BCUT2D eigenvalue weighted by Gasteiger charge is -1.85. The van der Waals surface area contributed by atoms with Gasteiger partial charge in [-0.3, -0.25) is 0 Å². The highest BCUT2D eigenvalue weighted by atomic mass is 35.5. The van der Waals surface area contributed by atoms with Gasteiger partial charge >= 0.3 is 0 Å². The van der Waals surface area contributed by atoms with E-state index in [4.69, 9.17) is 4.42 Å². The molecule has 0 unspecified atom stereocenters. The molecule has 0 aliphatic carbocycles. The molecule has 0 radical (unpaired) electrons. The SMILES string of the molecule is Cc1oc(C)c(C)c1C.Cl. The third-order valence-electron chi connectivity index (χ3n) is 1.92. The van der Waals surface area contributed by atoms with Crippen LogP contribution in [0.4, 0.5) is 0 Å². The molecule has 2 heteroatoms. The molecule has 1 heterocycles. The first-order valence-electron chi connectivity index (χ1n) is 3.16. The third kappa shape index (κ3) is 1.35. The summed E-state index contributed by atoms with van der Waals surface area (Å²) < 4.78 is 5.34. The Hall–Kier alpha value is -0.430. The van der Waals surface area contributed by atoms with Crippen LogP contribution in [0.1, 0.15) is 22.6 Å². The molecule has 58 valence electrons. The minimum atomic E-state index is 0. The molecule has 0 aliphatic rings. The van der Waals surface area contributed by atoms with Crippen molar-refractivity contribution in [1.82, 2.24) is 0 Å². The van der Waals surface area contributed by atoms with Crippen molar-refractivity contribution in [3.63, 3.8) is 0 Å². The second-order valence-electron chi connectivity index (χ2n) is 2.46. The molecule has 0 aromatic carbocycles. The number of furan rings is 1. The predicted molar refractivity (Wildman–Crippen MR) is 44.9 cm³/mol. The fourth-order valence-electron chi connectivity index (χ4n) is 0.911. The molecule has 0 atom stereocenters. The monoisotopic (exact) mass is 160 g/mol. The van der Waals surface area contributed by atoms with E-state index in [2.05, 4.69) is 13.8 Å². The molecule has 1 aromatic rings. The molecule has 0 N–H and O–H groups in total. The summed E-state index contributed by atoms with van der Waals surface area (Å²) in [7, 11) is 0. The van der Waals surface area contributed by atoms with E-state index in [1.54, 1.807) is 0 Å². The smallest absolute Gasteiger partial charge is 0.104 e. The minimum Gasteiger partial charge on any atom is -0.466 e. The number of halogens is 1. The predicted octanol–water partition coefficient (Wildman–Crippen LogP) is 2.94. The Balaban J connectivity index is 0.000000810. The lowest BCUT2D eigenvalue weighted by molar-refractivity contribution is 0.501. The first-order valence-corrected chi connectivity index (χ1v) is 3.16. The summed E-state index contributed by atoms with van der Waals surface area (Å²) in [5, 5.41) is 0. The Labute approximate surface area is 67.8 Å². The highest BCUT2D eigenvalue weighted by molar-refractivity contribution is 5.85. The van der Waals surface area contributed by atoms with Crippen LogP contribution in [-0.4, -0.2) is 0 Å². The molecule has 1 rings (SSSR count). The zero-order valence-corrected chi connectivity index (χ0v) is 7.63. The molecule has 1 aromatic heterocycles. The van der Waals surface area contributed by atoms with Crippen molar-refractivity contribution in [1.29, 1.82) is 0 Å².